The van der Waals surface area contributed by atoms with E-state index >= 15 is 0 Å². The molecule has 0 spiro atoms. The van der Waals surface area contributed by atoms with Crippen LogP contribution in [0.15, 0.2) is 17.0 Å². The lowest BCUT2D eigenvalue weighted by Gasteiger charge is -2.13. The quantitative estimate of drug-likeness (QED) is 0.807. The highest BCUT2D eigenvalue weighted by Crippen LogP contribution is 2.14. The van der Waals surface area contributed by atoms with Gasteiger partial charge in [-0.05, 0) is 15.9 Å². The summed E-state index contributed by atoms with van der Waals surface area (Å²) >= 11 is 3.07. The molecular formula is C7H8BrF2N3O. The largest absolute Gasteiger partial charge is 0.390 e. The second-order valence-corrected chi connectivity index (χ2v) is 3.41. The topological polar surface area (TPSA) is 58.0 Å². The van der Waals surface area contributed by atoms with Crippen molar-refractivity contribution >= 4 is 21.7 Å². The Morgan fingerprint density at radius 1 is 1.50 bits per heavy atom. The van der Waals surface area contributed by atoms with Crippen molar-refractivity contribution in [2.24, 2.45) is 0 Å². The molecule has 7 heteroatoms. The zero-order valence-corrected chi connectivity index (χ0v) is 8.63. The van der Waals surface area contributed by atoms with Gasteiger partial charge in [0.05, 0.1) is 6.54 Å². The number of hydrogen-bond donors (Lipinski definition) is 2. The molecule has 0 saturated heterocycles. The molecule has 1 aromatic rings. The summed E-state index contributed by atoms with van der Waals surface area (Å²) in [6.45, 7) is -1.85. The van der Waals surface area contributed by atoms with Crippen LogP contribution in [0.25, 0.3) is 0 Å². The van der Waals surface area contributed by atoms with Crippen LogP contribution in [0.2, 0.25) is 0 Å². The third-order valence-corrected chi connectivity index (χ3v) is 1.83. The first kappa shape index (κ1) is 11.3. The number of anilines is 1. The van der Waals surface area contributed by atoms with Crippen molar-refractivity contribution in [3.8, 4) is 0 Å². The van der Waals surface area contributed by atoms with Crippen LogP contribution in [-0.2, 0) is 0 Å². The zero-order chi connectivity index (χ0) is 10.6. The standard InChI is InChI=1S/C7H8BrF2N3O/c8-5-1-6(13-4-12-5)11-2-7(9,10)3-14/h1,4,14H,2-3H2,(H,11,12,13). The number of alkyl halides is 2. The Morgan fingerprint density at radius 2 is 2.21 bits per heavy atom. The highest BCUT2D eigenvalue weighted by Gasteiger charge is 2.27. The molecule has 1 aromatic heterocycles. The molecule has 14 heavy (non-hydrogen) atoms. The van der Waals surface area contributed by atoms with Crippen LogP contribution in [-0.4, -0.2) is 34.1 Å². The Hall–Kier alpha value is -0.820. The predicted molar refractivity (Wildman–Crippen MR) is 50.3 cm³/mol. The van der Waals surface area contributed by atoms with E-state index in [9.17, 15) is 8.78 Å². The lowest BCUT2D eigenvalue weighted by Crippen LogP contribution is -2.31. The fraction of sp³-hybridized carbons (Fsp3) is 0.429. The SMILES string of the molecule is OCC(F)(F)CNc1cc(Br)ncn1. The minimum Gasteiger partial charge on any atom is -0.390 e. The van der Waals surface area contributed by atoms with Gasteiger partial charge in [-0.15, -0.1) is 0 Å². The van der Waals surface area contributed by atoms with Crippen molar-refractivity contribution in [1.29, 1.82) is 0 Å². The molecule has 0 fully saturated rings. The number of nitrogens with zero attached hydrogens (tertiary/aromatic N) is 2. The Labute approximate surface area is 87.5 Å². The number of aliphatic hydroxyl groups excluding tert-OH is 1. The summed E-state index contributed by atoms with van der Waals surface area (Å²) < 4.78 is 25.6. The maximum Gasteiger partial charge on any atom is 0.287 e. The average Bonchev–Trinajstić information content (AvgIpc) is 2.15. The molecule has 0 atom stereocenters. The van der Waals surface area contributed by atoms with Crippen LogP contribution >= 0.6 is 15.9 Å². The zero-order valence-electron chi connectivity index (χ0n) is 7.04. The van der Waals surface area contributed by atoms with Crippen LogP contribution in [0.3, 0.4) is 0 Å². The highest BCUT2D eigenvalue weighted by atomic mass is 79.9. The molecule has 0 radical (unpaired) electrons. The van der Waals surface area contributed by atoms with Gasteiger partial charge in [0.2, 0.25) is 0 Å². The predicted octanol–water partition coefficient (Wildman–Crippen LogP) is 1.28. The summed E-state index contributed by atoms with van der Waals surface area (Å²) in [6.07, 6.45) is 1.24. The number of aromatic nitrogens is 2. The molecule has 0 amide bonds. The molecule has 0 aliphatic rings. The fourth-order valence-electron chi connectivity index (χ4n) is 0.706. The van der Waals surface area contributed by atoms with Crippen LogP contribution in [0.1, 0.15) is 0 Å². The molecule has 0 aliphatic heterocycles. The summed E-state index contributed by atoms with van der Waals surface area (Å²) in [7, 11) is 0. The Morgan fingerprint density at radius 3 is 2.79 bits per heavy atom. The summed E-state index contributed by atoms with van der Waals surface area (Å²) in [5.74, 6) is -2.86. The minimum absolute atomic E-state index is 0.278. The van der Waals surface area contributed by atoms with E-state index in [0.29, 0.717) is 4.60 Å². The molecule has 4 nitrogen and oxygen atoms in total. The number of rotatable bonds is 4. The van der Waals surface area contributed by atoms with Gasteiger partial charge < -0.3 is 10.4 Å². The van der Waals surface area contributed by atoms with Crippen molar-refractivity contribution < 1.29 is 13.9 Å². The molecule has 1 heterocycles. The van der Waals surface area contributed by atoms with Gasteiger partial charge in [-0.2, -0.15) is 0 Å². The third kappa shape index (κ3) is 3.51. The van der Waals surface area contributed by atoms with Crippen LogP contribution < -0.4 is 5.32 Å². The van der Waals surface area contributed by atoms with Crippen LogP contribution in [0.4, 0.5) is 14.6 Å². The summed E-state index contributed by atoms with van der Waals surface area (Å²) in [5, 5.41) is 10.7. The maximum absolute atomic E-state index is 12.6. The smallest absolute Gasteiger partial charge is 0.287 e. The summed E-state index contributed by atoms with van der Waals surface area (Å²) in [6, 6.07) is 1.47. The van der Waals surface area contributed by atoms with Crippen molar-refractivity contribution in [2.45, 2.75) is 5.92 Å². The van der Waals surface area contributed by atoms with Gasteiger partial charge in [-0.25, -0.2) is 18.7 Å². The Kier molecular flexibility index (Phi) is 3.70. The minimum atomic E-state index is -3.14. The molecule has 0 unspecified atom stereocenters. The van der Waals surface area contributed by atoms with Crippen molar-refractivity contribution in [3.05, 3.63) is 17.0 Å². The van der Waals surface area contributed by atoms with Gasteiger partial charge in [0, 0.05) is 6.07 Å². The van der Waals surface area contributed by atoms with E-state index in [1.54, 1.807) is 0 Å². The molecule has 2 N–H and O–H groups in total. The maximum atomic E-state index is 12.6. The first-order valence-electron chi connectivity index (χ1n) is 3.73. The van der Waals surface area contributed by atoms with E-state index in [1.165, 1.54) is 12.4 Å². The molecule has 0 saturated carbocycles. The van der Waals surface area contributed by atoms with Crippen molar-refractivity contribution in [1.82, 2.24) is 9.97 Å². The lowest BCUT2D eigenvalue weighted by molar-refractivity contribution is -0.0373. The number of halogens is 3. The van der Waals surface area contributed by atoms with Crippen molar-refractivity contribution in [2.75, 3.05) is 18.5 Å². The van der Waals surface area contributed by atoms with E-state index in [1.807, 2.05) is 0 Å². The number of hydrogen-bond acceptors (Lipinski definition) is 4. The van der Waals surface area contributed by atoms with Crippen LogP contribution in [0.5, 0.6) is 0 Å². The highest BCUT2D eigenvalue weighted by molar-refractivity contribution is 9.10. The average molecular weight is 268 g/mol. The van der Waals surface area contributed by atoms with Crippen molar-refractivity contribution in [3.63, 3.8) is 0 Å². The van der Waals surface area contributed by atoms with E-state index in [0.717, 1.165) is 0 Å². The number of nitrogens with one attached hydrogen (secondary N) is 1. The Balaban J connectivity index is 2.54. The molecule has 0 bridgehead atoms. The van der Waals surface area contributed by atoms with E-state index in [4.69, 9.17) is 5.11 Å². The molecule has 0 aliphatic carbocycles. The molecule has 1 rings (SSSR count). The fourth-order valence-corrected chi connectivity index (χ4v) is 1.01. The summed E-state index contributed by atoms with van der Waals surface area (Å²) in [4.78, 5) is 7.44. The van der Waals surface area contributed by atoms with Crippen LogP contribution in [0, 0.1) is 0 Å². The third-order valence-electron chi connectivity index (χ3n) is 1.39. The van der Waals surface area contributed by atoms with Gasteiger partial charge >= 0.3 is 0 Å². The van der Waals surface area contributed by atoms with Gasteiger partial charge in [0.1, 0.15) is 23.4 Å². The molecule has 78 valence electrons. The monoisotopic (exact) mass is 267 g/mol. The Bertz CT molecular complexity index is 311. The van der Waals surface area contributed by atoms with Gasteiger partial charge in [0.25, 0.3) is 5.92 Å². The van der Waals surface area contributed by atoms with Gasteiger partial charge in [0.15, 0.2) is 0 Å². The van der Waals surface area contributed by atoms with Gasteiger partial charge in [-0.3, -0.25) is 0 Å². The number of aliphatic hydroxyl groups is 1. The molecular weight excluding hydrogens is 260 g/mol. The second-order valence-electron chi connectivity index (χ2n) is 2.59. The van der Waals surface area contributed by atoms with E-state index in [-0.39, 0.29) is 5.82 Å². The van der Waals surface area contributed by atoms with E-state index in [2.05, 4.69) is 31.2 Å². The second kappa shape index (κ2) is 4.61. The first-order valence-corrected chi connectivity index (χ1v) is 4.53. The summed E-state index contributed by atoms with van der Waals surface area (Å²) in [5.41, 5.74) is 0. The normalized spacial score (nSPS) is 11.4. The first-order chi connectivity index (χ1) is 6.53. The molecule has 0 aromatic carbocycles. The van der Waals surface area contributed by atoms with E-state index < -0.39 is 19.1 Å². The lowest BCUT2D eigenvalue weighted by atomic mass is 10.3. The van der Waals surface area contributed by atoms with Gasteiger partial charge in [-0.1, -0.05) is 0 Å².